The van der Waals surface area contributed by atoms with Crippen LogP contribution in [0, 0.1) is 5.82 Å². The van der Waals surface area contributed by atoms with Crippen molar-refractivity contribution in [3.8, 4) is 0 Å². The summed E-state index contributed by atoms with van der Waals surface area (Å²) in [4.78, 5) is 10.7. The smallest absolute Gasteiger partial charge is 0.141 e. The van der Waals surface area contributed by atoms with E-state index in [-0.39, 0.29) is 5.82 Å². The van der Waals surface area contributed by atoms with Gasteiger partial charge in [0.05, 0.1) is 6.04 Å². The highest BCUT2D eigenvalue weighted by atomic mass is 35.5. The number of nitrogens with one attached hydrogen (secondary N) is 1. The summed E-state index contributed by atoms with van der Waals surface area (Å²) in [6.45, 7) is 0.677. The van der Waals surface area contributed by atoms with Gasteiger partial charge in [-0.1, -0.05) is 11.6 Å². The SMILES string of the molecule is O=CC1NCCc2cc(F)cc(Cl)c21. The van der Waals surface area contributed by atoms with Crippen LogP contribution < -0.4 is 5.32 Å². The molecule has 0 fully saturated rings. The Kier molecular flexibility index (Phi) is 2.52. The van der Waals surface area contributed by atoms with Crippen molar-refractivity contribution in [2.24, 2.45) is 0 Å². The van der Waals surface area contributed by atoms with E-state index in [1.807, 2.05) is 0 Å². The van der Waals surface area contributed by atoms with E-state index in [0.717, 1.165) is 11.8 Å². The van der Waals surface area contributed by atoms with Gasteiger partial charge >= 0.3 is 0 Å². The van der Waals surface area contributed by atoms with E-state index in [1.54, 1.807) is 0 Å². The minimum atomic E-state index is -0.396. The van der Waals surface area contributed by atoms with E-state index in [2.05, 4.69) is 5.32 Å². The molecule has 2 rings (SSSR count). The van der Waals surface area contributed by atoms with Gasteiger partial charge in [0, 0.05) is 11.6 Å². The molecule has 14 heavy (non-hydrogen) atoms. The van der Waals surface area contributed by atoms with Crippen LogP contribution in [0.15, 0.2) is 12.1 Å². The Labute approximate surface area is 86.1 Å². The average Bonchev–Trinajstić information content (AvgIpc) is 2.16. The van der Waals surface area contributed by atoms with Crippen molar-refractivity contribution >= 4 is 17.9 Å². The Balaban J connectivity index is 2.56. The highest BCUT2D eigenvalue weighted by molar-refractivity contribution is 6.31. The molecule has 4 heteroatoms. The topological polar surface area (TPSA) is 29.1 Å². The molecule has 1 unspecified atom stereocenters. The third-order valence-electron chi connectivity index (χ3n) is 2.39. The minimum Gasteiger partial charge on any atom is -0.304 e. The number of carbonyl (C=O) groups is 1. The Morgan fingerprint density at radius 1 is 1.57 bits per heavy atom. The molecule has 1 aliphatic heterocycles. The third-order valence-corrected chi connectivity index (χ3v) is 2.70. The first-order valence-corrected chi connectivity index (χ1v) is 4.76. The van der Waals surface area contributed by atoms with Crippen molar-refractivity contribution < 1.29 is 9.18 Å². The first kappa shape index (κ1) is 9.62. The first-order valence-electron chi connectivity index (χ1n) is 4.39. The number of rotatable bonds is 1. The maximum atomic E-state index is 13.0. The van der Waals surface area contributed by atoms with Crippen LogP contribution in [0.5, 0.6) is 0 Å². The molecule has 74 valence electrons. The molecule has 0 aliphatic carbocycles. The summed E-state index contributed by atoms with van der Waals surface area (Å²) in [6.07, 6.45) is 1.50. The van der Waals surface area contributed by atoms with Crippen molar-refractivity contribution in [3.05, 3.63) is 34.1 Å². The second-order valence-electron chi connectivity index (χ2n) is 3.28. The van der Waals surface area contributed by atoms with Gasteiger partial charge in [0.1, 0.15) is 12.1 Å². The van der Waals surface area contributed by atoms with Gasteiger partial charge in [-0.15, -0.1) is 0 Å². The van der Waals surface area contributed by atoms with Crippen LogP contribution in [-0.4, -0.2) is 12.8 Å². The van der Waals surface area contributed by atoms with Crippen LogP contribution in [0.2, 0.25) is 5.02 Å². The predicted octanol–water partition coefficient (Wildman–Crippen LogP) is 1.86. The summed E-state index contributed by atoms with van der Waals surface area (Å²) >= 11 is 5.88. The van der Waals surface area contributed by atoms with Crippen molar-refractivity contribution in [2.45, 2.75) is 12.5 Å². The molecule has 1 atom stereocenters. The van der Waals surface area contributed by atoms with E-state index in [4.69, 9.17) is 11.6 Å². The van der Waals surface area contributed by atoms with Crippen LogP contribution in [0.25, 0.3) is 0 Å². The molecule has 0 radical (unpaired) electrons. The van der Waals surface area contributed by atoms with Gasteiger partial charge in [-0.25, -0.2) is 4.39 Å². The summed E-state index contributed by atoms with van der Waals surface area (Å²) < 4.78 is 13.0. The lowest BCUT2D eigenvalue weighted by Gasteiger charge is -2.23. The summed E-state index contributed by atoms with van der Waals surface area (Å²) in [5.74, 6) is -0.347. The standard InChI is InChI=1S/C10H9ClFNO/c11-8-4-7(12)3-6-1-2-13-9(5-14)10(6)8/h3-5,9,13H,1-2H2. The zero-order valence-electron chi connectivity index (χ0n) is 7.39. The fraction of sp³-hybridized carbons (Fsp3) is 0.300. The quantitative estimate of drug-likeness (QED) is 0.722. The first-order chi connectivity index (χ1) is 6.72. The van der Waals surface area contributed by atoms with Crippen LogP contribution >= 0.6 is 11.6 Å². The lowest BCUT2D eigenvalue weighted by atomic mass is 9.95. The molecule has 1 heterocycles. The van der Waals surface area contributed by atoms with Crippen molar-refractivity contribution in [2.75, 3.05) is 6.54 Å². The van der Waals surface area contributed by atoms with Crippen LogP contribution in [0.3, 0.4) is 0 Å². The van der Waals surface area contributed by atoms with Crippen LogP contribution in [0.1, 0.15) is 17.2 Å². The molecule has 0 aromatic heterocycles. The zero-order chi connectivity index (χ0) is 10.1. The van der Waals surface area contributed by atoms with Gasteiger partial charge in [0.15, 0.2) is 0 Å². The number of benzene rings is 1. The lowest BCUT2D eigenvalue weighted by molar-refractivity contribution is -0.109. The van der Waals surface area contributed by atoms with E-state index in [9.17, 15) is 9.18 Å². The minimum absolute atomic E-state index is 0.323. The van der Waals surface area contributed by atoms with Crippen LogP contribution in [0.4, 0.5) is 4.39 Å². The molecular formula is C10H9ClFNO. The van der Waals surface area contributed by atoms with Gasteiger partial charge in [-0.2, -0.15) is 0 Å². The Morgan fingerprint density at radius 2 is 2.36 bits per heavy atom. The summed E-state index contributed by atoms with van der Waals surface area (Å²) in [7, 11) is 0. The van der Waals surface area contributed by atoms with Crippen molar-refractivity contribution in [1.82, 2.24) is 5.32 Å². The summed E-state index contributed by atoms with van der Waals surface area (Å²) in [5, 5.41) is 3.33. The van der Waals surface area contributed by atoms with E-state index >= 15 is 0 Å². The molecule has 0 saturated carbocycles. The second kappa shape index (κ2) is 3.67. The van der Waals surface area contributed by atoms with Gasteiger partial charge in [-0.05, 0) is 29.7 Å². The van der Waals surface area contributed by atoms with Gasteiger partial charge < -0.3 is 10.1 Å². The highest BCUT2D eigenvalue weighted by Gasteiger charge is 2.22. The Hall–Kier alpha value is -0.930. The van der Waals surface area contributed by atoms with E-state index in [0.29, 0.717) is 23.6 Å². The van der Waals surface area contributed by atoms with Gasteiger partial charge in [0.25, 0.3) is 0 Å². The summed E-state index contributed by atoms with van der Waals surface area (Å²) in [6, 6.07) is 2.29. The van der Waals surface area contributed by atoms with E-state index < -0.39 is 6.04 Å². The molecule has 0 saturated heterocycles. The fourth-order valence-electron chi connectivity index (χ4n) is 1.77. The normalized spacial score (nSPS) is 20.3. The number of halogens is 2. The van der Waals surface area contributed by atoms with Crippen molar-refractivity contribution in [1.29, 1.82) is 0 Å². The lowest BCUT2D eigenvalue weighted by Crippen LogP contribution is -2.31. The molecule has 1 N–H and O–H groups in total. The molecular weight excluding hydrogens is 205 g/mol. The van der Waals surface area contributed by atoms with Gasteiger partial charge in [0.2, 0.25) is 0 Å². The van der Waals surface area contributed by atoms with Crippen LogP contribution in [-0.2, 0) is 11.2 Å². The molecule has 0 bridgehead atoms. The number of hydrogen-bond donors (Lipinski definition) is 1. The Morgan fingerprint density at radius 3 is 3.07 bits per heavy atom. The fourth-order valence-corrected chi connectivity index (χ4v) is 2.12. The molecule has 1 aromatic carbocycles. The molecule has 2 nitrogen and oxygen atoms in total. The molecule has 0 spiro atoms. The highest BCUT2D eigenvalue weighted by Crippen LogP contribution is 2.29. The number of carbonyl (C=O) groups excluding carboxylic acids is 1. The largest absolute Gasteiger partial charge is 0.304 e. The molecule has 1 aliphatic rings. The number of aldehydes is 1. The maximum Gasteiger partial charge on any atom is 0.141 e. The predicted molar refractivity (Wildman–Crippen MR) is 51.9 cm³/mol. The third kappa shape index (κ3) is 1.53. The van der Waals surface area contributed by atoms with Crippen molar-refractivity contribution in [3.63, 3.8) is 0 Å². The molecule has 1 aromatic rings. The monoisotopic (exact) mass is 213 g/mol. The second-order valence-corrected chi connectivity index (χ2v) is 3.69. The maximum absolute atomic E-state index is 13.0. The number of hydrogen-bond acceptors (Lipinski definition) is 2. The summed E-state index contributed by atoms with van der Waals surface area (Å²) in [5.41, 5.74) is 1.54. The van der Waals surface area contributed by atoms with Gasteiger partial charge in [-0.3, -0.25) is 0 Å². The molecule has 0 amide bonds. The van der Waals surface area contributed by atoms with E-state index in [1.165, 1.54) is 12.1 Å². The number of fused-ring (bicyclic) bond motifs is 1. The Bertz CT molecular complexity index is 381. The average molecular weight is 214 g/mol. The zero-order valence-corrected chi connectivity index (χ0v) is 8.14.